The molecule has 3 nitrogen and oxygen atoms in total. The first-order valence-electron chi connectivity index (χ1n) is 6.45. The molecule has 0 aromatic heterocycles. The summed E-state index contributed by atoms with van der Waals surface area (Å²) in [6, 6.07) is 12.4. The largest absolute Gasteiger partial charge is 0.462 e. The van der Waals surface area contributed by atoms with Crippen molar-refractivity contribution in [1.82, 2.24) is 0 Å². The molecule has 0 radical (unpaired) electrons. The van der Waals surface area contributed by atoms with Gasteiger partial charge in [0.05, 0.1) is 6.10 Å². The van der Waals surface area contributed by atoms with Crippen LogP contribution in [0.2, 0.25) is 0 Å². The van der Waals surface area contributed by atoms with E-state index in [1.807, 2.05) is 19.1 Å². The van der Waals surface area contributed by atoms with Crippen LogP contribution in [0.3, 0.4) is 0 Å². The van der Waals surface area contributed by atoms with Gasteiger partial charge in [-0.25, -0.2) is 0 Å². The summed E-state index contributed by atoms with van der Waals surface area (Å²) < 4.78 is 17.2. The minimum Gasteiger partial charge on any atom is -0.462 e. The Morgan fingerprint density at radius 3 is 2.68 bits per heavy atom. The Kier molecular flexibility index (Phi) is 2.96. The van der Waals surface area contributed by atoms with E-state index in [2.05, 4.69) is 24.3 Å². The van der Waals surface area contributed by atoms with E-state index in [0.29, 0.717) is 6.42 Å². The molecule has 0 spiro atoms. The highest BCUT2D eigenvalue weighted by molar-refractivity contribution is 5.90. The van der Waals surface area contributed by atoms with E-state index in [9.17, 15) is 0 Å². The standard InChI is InChI=1S/C16H18O3/c1-16(18-3)10-14(17-2)13-9-8-11-6-4-5-7-12(11)15(13)19-16/h4-9,14H,10H2,1-3H3. The Hall–Kier alpha value is -1.58. The maximum atomic E-state index is 6.11. The monoisotopic (exact) mass is 258 g/mol. The van der Waals surface area contributed by atoms with Crippen LogP contribution in [0.4, 0.5) is 0 Å². The van der Waals surface area contributed by atoms with Crippen LogP contribution in [0.5, 0.6) is 5.75 Å². The second kappa shape index (κ2) is 4.51. The molecular weight excluding hydrogens is 240 g/mol. The van der Waals surface area contributed by atoms with Crippen molar-refractivity contribution >= 4 is 10.8 Å². The van der Waals surface area contributed by atoms with Crippen molar-refractivity contribution in [1.29, 1.82) is 0 Å². The number of hydrogen-bond donors (Lipinski definition) is 0. The maximum absolute atomic E-state index is 6.11. The van der Waals surface area contributed by atoms with E-state index in [1.165, 1.54) is 0 Å². The SMILES string of the molecule is COC1CC(C)(OC)Oc2c1ccc1ccccc21. The fourth-order valence-corrected chi connectivity index (χ4v) is 2.67. The number of ether oxygens (including phenoxy) is 3. The summed E-state index contributed by atoms with van der Waals surface area (Å²) in [4.78, 5) is 0. The van der Waals surface area contributed by atoms with Crippen LogP contribution in [0, 0.1) is 0 Å². The van der Waals surface area contributed by atoms with Gasteiger partial charge >= 0.3 is 0 Å². The van der Waals surface area contributed by atoms with Gasteiger partial charge in [-0.1, -0.05) is 36.4 Å². The zero-order chi connectivity index (χ0) is 13.5. The Bertz CT molecular complexity index is 608. The summed E-state index contributed by atoms with van der Waals surface area (Å²) in [7, 11) is 3.40. The van der Waals surface area contributed by atoms with Crippen LogP contribution >= 0.6 is 0 Å². The molecule has 1 aliphatic heterocycles. The lowest BCUT2D eigenvalue weighted by Crippen LogP contribution is -2.40. The lowest BCUT2D eigenvalue weighted by atomic mass is 9.94. The molecule has 19 heavy (non-hydrogen) atoms. The summed E-state index contributed by atoms with van der Waals surface area (Å²) in [6.07, 6.45) is 0.684. The van der Waals surface area contributed by atoms with E-state index in [4.69, 9.17) is 14.2 Å². The number of methoxy groups -OCH3 is 2. The van der Waals surface area contributed by atoms with Gasteiger partial charge in [-0.05, 0) is 5.39 Å². The number of benzene rings is 2. The molecule has 0 aliphatic carbocycles. The quantitative estimate of drug-likeness (QED) is 0.822. The van der Waals surface area contributed by atoms with Gasteiger partial charge in [0.1, 0.15) is 5.75 Å². The lowest BCUT2D eigenvalue weighted by Gasteiger charge is -2.38. The minimum atomic E-state index is -0.641. The van der Waals surface area contributed by atoms with Gasteiger partial charge in [-0.15, -0.1) is 0 Å². The maximum Gasteiger partial charge on any atom is 0.210 e. The van der Waals surface area contributed by atoms with Crippen molar-refractivity contribution in [3.8, 4) is 5.75 Å². The second-order valence-corrected chi connectivity index (χ2v) is 5.07. The highest BCUT2D eigenvalue weighted by Crippen LogP contribution is 2.45. The predicted molar refractivity (Wildman–Crippen MR) is 74.4 cm³/mol. The van der Waals surface area contributed by atoms with Crippen molar-refractivity contribution in [2.24, 2.45) is 0 Å². The summed E-state index contributed by atoms with van der Waals surface area (Å²) >= 11 is 0. The Labute approximate surface area is 113 Å². The van der Waals surface area contributed by atoms with Crippen LogP contribution < -0.4 is 4.74 Å². The minimum absolute atomic E-state index is 0.00157. The molecule has 2 aromatic rings. The smallest absolute Gasteiger partial charge is 0.210 e. The van der Waals surface area contributed by atoms with Crippen LogP contribution in [0.15, 0.2) is 36.4 Å². The van der Waals surface area contributed by atoms with Crippen LogP contribution in [-0.2, 0) is 9.47 Å². The predicted octanol–water partition coefficient (Wildman–Crippen LogP) is 3.67. The molecule has 2 aromatic carbocycles. The second-order valence-electron chi connectivity index (χ2n) is 5.07. The van der Waals surface area contributed by atoms with Crippen molar-refractivity contribution < 1.29 is 14.2 Å². The average molecular weight is 258 g/mol. The first kappa shape index (κ1) is 12.5. The Morgan fingerprint density at radius 1 is 1.16 bits per heavy atom. The molecule has 1 aliphatic rings. The third kappa shape index (κ3) is 1.99. The van der Waals surface area contributed by atoms with Crippen LogP contribution in [-0.4, -0.2) is 20.0 Å². The van der Waals surface area contributed by atoms with Gasteiger partial charge in [-0.2, -0.15) is 0 Å². The fraction of sp³-hybridized carbons (Fsp3) is 0.375. The molecule has 3 heteroatoms. The third-order valence-corrected chi connectivity index (χ3v) is 3.85. The number of fused-ring (bicyclic) bond motifs is 3. The topological polar surface area (TPSA) is 27.7 Å². The van der Waals surface area contributed by atoms with Gasteiger partial charge in [0.25, 0.3) is 0 Å². The van der Waals surface area contributed by atoms with Gasteiger partial charge in [-0.3, -0.25) is 0 Å². The molecule has 3 rings (SSSR count). The van der Waals surface area contributed by atoms with E-state index in [1.54, 1.807) is 14.2 Å². The van der Waals surface area contributed by atoms with E-state index < -0.39 is 5.79 Å². The Balaban J connectivity index is 2.22. The van der Waals surface area contributed by atoms with Gasteiger partial charge in [0.2, 0.25) is 5.79 Å². The molecule has 0 saturated carbocycles. The summed E-state index contributed by atoms with van der Waals surface area (Å²) in [5.41, 5.74) is 1.09. The molecule has 2 unspecified atom stereocenters. The third-order valence-electron chi connectivity index (χ3n) is 3.85. The summed E-state index contributed by atoms with van der Waals surface area (Å²) in [5, 5.41) is 2.27. The molecular formula is C16H18O3. The van der Waals surface area contributed by atoms with Crippen molar-refractivity contribution in [2.45, 2.75) is 25.2 Å². The number of hydrogen-bond acceptors (Lipinski definition) is 3. The fourth-order valence-electron chi connectivity index (χ4n) is 2.67. The van der Waals surface area contributed by atoms with Crippen LogP contribution in [0.1, 0.15) is 25.0 Å². The van der Waals surface area contributed by atoms with Crippen molar-refractivity contribution in [3.63, 3.8) is 0 Å². The molecule has 2 atom stereocenters. The van der Waals surface area contributed by atoms with Gasteiger partial charge < -0.3 is 14.2 Å². The van der Waals surface area contributed by atoms with Gasteiger partial charge in [0, 0.05) is 38.5 Å². The Morgan fingerprint density at radius 2 is 1.95 bits per heavy atom. The summed E-state index contributed by atoms with van der Waals surface area (Å²) in [6.45, 7) is 1.95. The van der Waals surface area contributed by atoms with Crippen LogP contribution in [0.25, 0.3) is 10.8 Å². The van der Waals surface area contributed by atoms with Gasteiger partial charge in [0.15, 0.2) is 0 Å². The normalized spacial score (nSPS) is 25.9. The molecule has 0 N–H and O–H groups in total. The molecule has 100 valence electrons. The molecule has 1 heterocycles. The zero-order valence-corrected chi connectivity index (χ0v) is 11.5. The highest BCUT2D eigenvalue weighted by Gasteiger charge is 2.38. The number of rotatable bonds is 2. The zero-order valence-electron chi connectivity index (χ0n) is 11.5. The summed E-state index contributed by atoms with van der Waals surface area (Å²) in [5.74, 6) is 0.234. The lowest BCUT2D eigenvalue weighted by molar-refractivity contribution is -0.183. The van der Waals surface area contributed by atoms with E-state index in [0.717, 1.165) is 22.1 Å². The highest BCUT2D eigenvalue weighted by atomic mass is 16.7. The molecule has 0 saturated heterocycles. The molecule has 0 bridgehead atoms. The van der Waals surface area contributed by atoms with E-state index in [-0.39, 0.29) is 6.10 Å². The molecule has 0 amide bonds. The first-order chi connectivity index (χ1) is 9.17. The average Bonchev–Trinajstić information content (AvgIpc) is 2.46. The van der Waals surface area contributed by atoms with Crippen molar-refractivity contribution in [2.75, 3.05) is 14.2 Å². The first-order valence-corrected chi connectivity index (χ1v) is 6.45. The van der Waals surface area contributed by atoms with Crippen molar-refractivity contribution in [3.05, 3.63) is 42.0 Å². The van der Waals surface area contributed by atoms with E-state index >= 15 is 0 Å². The molecule has 0 fully saturated rings.